The van der Waals surface area contributed by atoms with E-state index in [1.807, 2.05) is 18.2 Å². The summed E-state index contributed by atoms with van der Waals surface area (Å²) in [6.45, 7) is 7.76. The maximum atomic E-state index is 12.2. The van der Waals surface area contributed by atoms with Crippen molar-refractivity contribution in [3.8, 4) is 11.5 Å². The molecule has 3 rings (SSSR count). The Labute approximate surface area is 176 Å². The Kier molecular flexibility index (Phi) is 7.45. The van der Waals surface area contributed by atoms with Crippen LogP contribution in [0.2, 0.25) is 0 Å². The van der Waals surface area contributed by atoms with Crippen molar-refractivity contribution in [3.63, 3.8) is 0 Å². The fraction of sp³-hybridized carbons (Fsp3) is 0.304. The molecule has 0 saturated heterocycles. The average Bonchev–Trinajstić information content (AvgIpc) is 3.23. The lowest BCUT2D eigenvalue weighted by atomic mass is 10.2. The number of hydrogen-bond donors (Lipinski definition) is 2. The van der Waals surface area contributed by atoms with Crippen LogP contribution in [0.1, 0.15) is 29.8 Å². The molecule has 0 unspecified atom stereocenters. The zero-order chi connectivity index (χ0) is 21.3. The zero-order valence-electron chi connectivity index (χ0n) is 17.3. The molecule has 7 heteroatoms. The summed E-state index contributed by atoms with van der Waals surface area (Å²) in [5, 5.41) is 5.70. The van der Waals surface area contributed by atoms with Crippen molar-refractivity contribution in [1.29, 1.82) is 0 Å². The van der Waals surface area contributed by atoms with E-state index in [4.69, 9.17) is 9.47 Å². The first kappa shape index (κ1) is 21.4. The van der Waals surface area contributed by atoms with Crippen LogP contribution in [0.5, 0.6) is 11.5 Å². The first-order valence-electron chi connectivity index (χ1n) is 10.1. The van der Waals surface area contributed by atoms with Gasteiger partial charge in [0.1, 0.15) is 0 Å². The third-order valence-electron chi connectivity index (χ3n) is 4.85. The van der Waals surface area contributed by atoms with E-state index in [-0.39, 0.29) is 18.6 Å². The number of carbonyl (C=O) groups is 2. The number of likely N-dealkylation sites (N-methyl/N-ethyl adjacent to an activating group) is 1. The molecular formula is C23H27N3O4. The number of hydrogen-bond acceptors (Lipinski definition) is 5. The highest BCUT2D eigenvalue weighted by atomic mass is 16.7. The van der Waals surface area contributed by atoms with Gasteiger partial charge in [0.25, 0.3) is 5.91 Å². The van der Waals surface area contributed by atoms with Crippen LogP contribution < -0.4 is 20.1 Å². The van der Waals surface area contributed by atoms with Crippen molar-refractivity contribution >= 4 is 23.6 Å². The van der Waals surface area contributed by atoms with Crippen molar-refractivity contribution in [2.24, 2.45) is 0 Å². The summed E-state index contributed by atoms with van der Waals surface area (Å²) in [4.78, 5) is 26.6. The van der Waals surface area contributed by atoms with Crippen LogP contribution in [-0.4, -0.2) is 49.7 Å². The van der Waals surface area contributed by atoms with Crippen LogP contribution in [0.3, 0.4) is 0 Å². The number of nitrogens with one attached hydrogen (secondary N) is 2. The Hall–Kier alpha value is -3.32. The molecule has 0 atom stereocenters. The Morgan fingerprint density at radius 3 is 2.50 bits per heavy atom. The number of benzene rings is 2. The van der Waals surface area contributed by atoms with Crippen molar-refractivity contribution in [2.45, 2.75) is 13.8 Å². The van der Waals surface area contributed by atoms with E-state index >= 15 is 0 Å². The normalized spacial score (nSPS) is 12.4. The summed E-state index contributed by atoms with van der Waals surface area (Å²) in [6, 6.07) is 12.3. The third kappa shape index (κ3) is 5.84. The van der Waals surface area contributed by atoms with E-state index in [0.29, 0.717) is 29.3 Å². The van der Waals surface area contributed by atoms with Crippen LogP contribution in [-0.2, 0) is 4.79 Å². The molecule has 1 aliphatic rings. The van der Waals surface area contributed by atoms with Crippen LogP contribution in [0.25, 0.3) is 6.08 Å². The summed E-state index contributed by atoms with van der Waals surface area (Å²) in [7, 11) is 0. The number of ether oxygens (including phenoxy) is 2. The fourth-order valence-electron chi connectivity index (χ4n) is 3.05. The second-order valence-corrected chi connectivity index (χ2v) is 6.80. The van der Waals surface area contributed by atoms with Gasteiger partial charge in [-0.2, -0.15) is 0 Å². The van der Waals surface area contributed by atoms with Crippen molar-refractivity contribution in [2.75, 3.05) is 38.3 Å². The van der Waals surface area contributed by atoms with E-state index in [2.05, 4.69) is 29.4 Å². The molecule has 30 heavy (non-hydrogen) atoms. The van der Waals surface area contributed by atoms with Gasteiger partial charge in [0, 0.05) is 30.4 Å². The van der Waals surface area contributed by atoms with Gasteiger partial charge in [-0.1, -0.05) is 19.9 Å². The number of carbonyl (C=O) groups excluding carboxylic acids is 2. The highest BCUT2D eigenvalue weighted by Crippen LogP contribution is 2.32. The topological polar surface area (TPSA) is 79.9 Å². The lowest BCUT2D eigenvalue weighted by Gasteiger charge is -2.17. The predicted molar refractivity (Wildman–Crippen MR) is 117 cm³/mol. The van der Waals surface area contributed by atoms with Crippen molar-refractivity contribution in [1.82, 2.24) is 10.2 Å². The molecule has 7 nitrogen and oxygen atoms in total. The van der Waals surface area contributed by atoms with Gasteiger partial charge in [-0.25, -0.2) is 0 Å². The van der Waals surface area contributed by atoms with Gasteiger partial charge in [-0.05, 0) is 61.1 Å². The maximum absolute atomic E-state index is 12.2. The van der Waals surface area contributed by atoms with E-state index in [9.17, 15) is 9.59 Å². The molecule has 158 valence electrons. The van der Waals surface area contributed by atoms with Gasteiger partial charge < -0.3 is 25.0 Å². The molecular weight excluding hydrogens is 382 g/mol. The highest BCUT2D eigenvalue weighted by molar-refractivity contribution is 6.02. The maximum Gasteiger partial charge on any atom is 0.251 e. The summed E-state index contributed by atoms with van der Waals surface area (Å²) < 4.78 is 10.6. The quantitative estimate of drug-likeness (QED) is 0.622. The number of nitrogens with zero attached hydrogens (tertiary/aromatic N) is 1. The Morgan fingerprint density at radius 1 is 1.03 bits per heavy atom. The van der Waals surface area contributed by atoms with Gasteiger partial charge in [-0.15, -0.1) is 0 Å². The molecule has 0 aromatic heterocycles. The summed E-state index contributed by atoms with van der Waals surface area (Å²) >= 11 is 0. The van der Waals surface area contributed by atoms with Gasteiger partial charge in [0.2, 0.25) is 12.7 Å². The summed E-state index contributed by atoms with van der Waals surface area (Å²) in [6.07, 6.45) is 3.15. The van der Waals surface area contributed by atoms with E-state index in [1.54, 1.807) is 30.3 Å². The molecule has 1 heterocycles. The first-order valence-corrected chi connectivity index (χ1v) is 10.1. The lowest BCUT2D eigenvalue weighted by Crippen LogP contribution is -2.34. The van der Waals surface area contributed by atoms with Crippen LogP contribution in [0, 0.1) is 0 Å². The average molecular weight is 409 g/mol. The number of amides is 2. The molecule has 2 amide bonds. The fourth-order valence-corrected chi connectivity index (χ4v) is 3.05. The Morgan fingerprint density at radius 2 is 1.77 bits per heavy atom. The summed E-state index contributed by atoms with van der Waals surface area (Å²) in [5.74, 6) is 0.990. The highest BCUT2D eigenvalue weighted by Gasteiger charge is 2.12. The van der Waals surface area contributed by atoms with E-state index in [1.165, 1.54) is 6.08 Å². The molecule has 0 aliphatic carbocycles. The second-order valence-electron chi connectivity index (χ2n) is 6.80. The predicted octanol–water partition coefficient (Wildman–Crippen LogP) is 3.14. The molecule has 0 fully saturated rings. The molecule has 2 N–H and O–H groups in total. The second kappa shape index (κ2) is 10.5. The minimum absolute atomic E-state index is 0.122. The van der Waals surface area contributed by atoms with Crippen LogP contribution >= 0.6 is 0 Å². The molecule has 0 bridgehead atoms. The molecule has 2 aromatic rings. The van der Waals surface area contributed by atoms with Crippen molar-refractivity contribution in [3.05, 3.63) is 59.7 Å². The summed E-state index contributed by atoms with van der Waals surface area (Å²) in [5.41, 5.74) is 2.02. The minimum Gasteiger partial charge on any atom is -0.454 e. The van der Waals surface area contributed by atoms with Gasteiger partial charge in [0.05, 0.1) is 0 Å². The smallest absolute Gasteiger partial charge is 0.251 e. The standard InChI is InChI=1S/C23H27N3O4/c1-3-26(4-2)14-13-24-23(28)18-7-9-19(10-8-18)25-22(27)12-6-17-5-11-20-21(15-17)30-16-29-20/h5-12,15H,3-4,13-14,16H2,1-2H3,(H,24,28)(H,25,27). The van der Waals surface area contributed by atoms with E-state index < -0.39 is 0 Å². The van der Waals surface area contributed by atoms with Gasteiger partial charge in [-0.3, -0.25) is 9.59 Å². The molecule has 2 aromatic carbocycles. The number of rotatable bonds is 9. The number of anilines is 1. The van der Waals surface area contributed by atoms with Gasteiger partial charge in [0.15, 0.2) is 11.5 Å². The van der Waals surface area contributed by atoms with Crippen molar-refractivity contribution < 1.29 is 19.1 Å². The zero-order valence-corrected chi connectivity index (χ0v) is 17.3. The Balaban J connectivity index is 1.48. The lowest BCUT2D eigenvalue weighted by molar-refractivity contribution is -0.111. The van der Waals surface area contributed by atoms with Gasteiger partial charge >= 0.3 is 0 Å². The SMILES string of the molecule is CCN(CC)CCNC(=O)c1ccc(NC(=O)C=Cc2ccc3c(c2)OCO3)cc1. The first-order chi connectivity index (χ1) is 14.6. The minimum atomic E-state index is -0.260. The monoisotopic (exact) mass is 409 g/mol. The molecule has 0 spiro atoms. The largest absolute Gasteiger partial charge is 0.454 e. The molecule has 0 radical (unpaired) electrons. The van der Waals surface area contributed by atoms with Crippen LogP contribution in [0.15, 0.2) is 48.5 Å². The van der Waals surface area contributed by atoms with Crippen LogP contribution in [0.4, 0.5) is 5.69 Å². The number of fused-ring (bicyclic) bond motifs is 1. The van der Waals surface area contributed by atoms with E-state index in [0.717, 1.165) is 25.2 Å². The molecule has 0 saturated carbocycles. The third-order valence-corrected chi connectivity index (χ3v) is 4.85. The Bertz CT molecular complexity index is 905. The molecule has 1 aliphatic heterocycles.